The van der Waals surface area contributed by atoms with E-state index in [9.17, 15) is 14.4 Å². The maximum absolute atomic E-state index is 12.2. The second-order valence-corrected chi connectivity index (χ2v) is 5.15. The normalized spacial score (nSPS) is 30.0. The molecule has 0 aromatic rings. The highest BCUT2D eigenvalue weighted by atomic mass is 16.5. The molecule has 3 amide bonds. The highest BCUT2D eigenvalue weighted by Crippen LogP contribution is 2.19. The average Bonchev–Trinajstić information content (AvgIpc) is 2.87. The third kappa shape index (κ3) is 3.01. The lowest BCUT2D eigenvalue weighted by molar-refractivity contribution is -0.142. The number of urea groups is 1. The molecule has 8 heteroatoms. The van der Waals surface area contributed by atoms with E-state index in [2.05, 4.69) is 5.32 Å². The van der Waals surface area contributed by atoms with E-state index in [1.807, 2.05) is 0 Å². The molecule has 4 N–H and O–H groups in total. The Morgan fingerprint density at radius 2 is 2.00 bits per heavy atom. The molecule has 2 rings (SSSR count). The zero-order chi connectivity index (χ0) is 14.7. The first-order chi connectivity index (χ1) is 9.50. The Kier molecular flexibility index (Phi) is 4.43. The number of ether oxygens (including phenoxy) is 1. The van der Waals surface area contributed by atoms with Gasteiger partial charge in [0.15, 0.2) is 0 Å². The lowest BCUT2D eigenvalue weighted by atomic mass is 10.0. The number of nitrogens with two attached hydrogens (primary N) is 1. The Morgan fingerprint density at radius 1 is 1.25 bits per heavy atom. The summed E-state index contributed by atoms with van der Waals surface area (Å²) in [7, 11) is 0. The minimum Gasteiger partial charge on any atom is -0.481 e. The lowest BCUT2D eigenvalue weighted by Crippen LogP contribution is -2.56. The van der Waals surface area contributed by atoms with Crippen LogP contribution in [-0.2, 0) is 14.3 Å². The minimum absolute atomic E-state index is 0.0829. The van der Waals surface area contributed by atoms with Crippen molar-refractivity contribution < 1.29 is 24.2 Å². The molecule has 2 saturated heterocycles. The summed E-state index contributed by atoms with van der Waals surface area (Å²) in [4.78, 5) is 36.0. The van der Waals surface area contributed by atoms with Gasteiger partial charge in [0.05, 0.1) is 19.3 Å². The number of carbonyl (C=O) groups is 3. The molecular weight excluding hydrogens is 266 g/mol. The van der Waals surface area contributed by atoms with Crippen molar-refractivity contribution in [1.29, 1.82) is 0 Å². The van der Waals surface area contributed by atoms with E-state index in [0.29, 0.717) is 13.0 Å². The van der Waals surface area contributed by atoms with Crippen LogP contribution in [0.5, 0.6) is 0 Å². The third-order valence-electron chi connectivity index (χ3n) is 3.80. The molecule has 2 heterocycles. The Morgan fingerprint density at radius 3 is 2.65 bits per heavy atom. The predicted molar refractivity (Wildman–Crippen MR) is 67.8 cm³/mol. The molecule has 112 valence electrons. The van der Waals surface area contributed by atoms with Crippen LogP contribution in [0.15, 0.2) is 0 Å². The molecule has 0 radical (unpaired) electrons. The molecule has 0 bridgehead atoms. The number of hydrogen-bond donors (Lipinski definition) is 3. The van der Waals surface area contributed by atoms with Crippen molar-refractivity contribution >= 4 is 17.9 Å². The number of carboxylic acid groups (broad SMARTS) is 1. The van der Waals surface area contributed by atoms with Crippen LogP contribution in [-0.4, -0.2) is 59.8 Å². The molecule has 0 aliphatic carbocycles. The van der Waals surface area contributed by atoms with E-state index in [-0.39, 0.29) is 13.2 Å². The van der Waals surface area contributed by atoms with Gasteiger partial charge in [-0.1, -0.05) is 0 Å². The molecular formula is C12H19N3O5. The van der Waals surface area contributed by atoms with Gasteiger partial charge in [-0.05, 0) is 19.3 Å². The topological polar surface area (TPSA) is 122 Å². The van der Waals surface area contributed by atoms with Gasteiger partial charge in [-0.3, -0.25) is 9.59 Å². The Hall–Kier alpha value is -1.83. The highest BCUT2D eigenvalue weighted by Gasteiger charge is 2.38. The van der Waals surface area contributed by atoms with Crippen molar-refractivity contribution in [2.75, 3.05) is 19.8 Å². The number of nitrogens with one attached hydrogen (secondary N) is 1. The van der Waals surface area contributed by atoms with E-state index in [1.165, 1.54) is 4.90 Å². The SMILES string of the molecule is NC(=O)C1CCCCN1C(=O)NC1COCC1C(=O)O. The lowest BCUT2D eigenvalue weighted by Gasteiger charge is -2.34. The van der Waals surface area contributed by atoms with Crippen LogP contribution in [0.3, 0.4) is 0 Å². The number of carbonyl (C=O) groups excluding carboxylic acids is 2. The van der Waals surface area contributed by atoms with Crippen LogP contribution >= 0.6 is 0 Å². The molecule has 8 nitrogen and oxygen atoms in total. The molecule has 0 saturated carbocycles. The van der Waals surface area contributed by atoms with Crippen molar-refractivity contribution in [3.63, 3.8) is 0 Å². The largest absolute Gasteiger partial charge is 0.481 e. The average molecular weight is 285 g/mol. The summed E-state index contributed by atoms with van der Waals surface area (Å²) in [5, 5.41) is 11.7. The van der Waals surface area contributed by atoms with Gasteiger partial charge in [-0.2, -0.15) is 0 Å². The Bertz CT molecular complexity index is 414. The number of primary amides is 1. The zero-order valence-electron chi connectivity index (χ0n) is 11.1. The van der Waals surface area contributed by atoms with Gasteiger partial charge >= 0.3 is 12.0 Å². The number of aliphatic carboxylic acids is 1. The predicted octanol–water partition coefficient (Wildman–Crippen LogP) is -0.865. The number of carboxylic acids is 1. The van der Waals surface area contributed by atoms with Crippen molar-refractivity contribution in [3.8, 4) is 0 Å². The van der Waals surface area contributed by atoms with Crippen molar-refractivity contribution in [2.45, 2.75) is 31.3 Å². The first kappa shape index (κ1) is 14.6. The van der Waals surface area contributed by atoms with Gasteiger partial charge in [0.1, 0.15) is 12.0 Å². The Balaban J connectivity index is 1.99. The summed E-state index contributed by atoms with van der Waals surface area (Å²) >= 11 is 0. The number of piperidine rings is 1. The maximum Gasteiger partial charge on any atom is 0.318 e. The van der Waals surface area contributed by atoms with Crippen LogP contribution in [0.4, 0.5) is 4.79 Å². The first-order valence-corrected chi connectivity index (χ1v) is 6.67. The van der Waals surface area contributed by atoms with E-state index in [4.69, 9.17) is 15.6 Å². The van der Waals surface area contributed by atoms with E-state index < -0.39 is 35.9 Å². The fourth-order valence-corrected chi connectivity index (χ4v) is 2.65. The molecule has 2 aliphatic heterocycles. The quantitative estimate of drug-likeness (QED) is 0.622. The van der Waals surface area contributed by atoms with Crippen LogP contribution in [0.1, 0.15) is 19.3 Å². The fourth-order valence-electron chi connectivity index (χ4n) is 2.65. The van der Waals surface area contributed by atoms with Crippen LogP contribution in [0.25, 0.3) is 0 Å². The molecule has 3 atom stereocenters. The summed E-state index contributed by atoms with van der Waals surface area (Å²) < 4.78 is 5.09. The van der Waals surface area contributed by atoms with Crippen LogP contribution in [0.2, 0.25) is 0 Å². The van der Waals surface area contributed by atoms with Crippen molar-refractivity contribution in [2.24, 2.45) is 11.7 Å². The second-order valence-electron chi connectivity index (χ2n) is 5.15. The van der Waals surface area contributed by atoms with Gasteiger partial charge in [0.2, 0.25) is 5.91 Å². The monoisotopic (exact) mass is 285 g/mol. The number of nitrogens with zero attached hydrogens (tertiary/aromatic N) is 1. The van der Waals surface area contributed by atoms with Crippen molar-refractivity contribution in [3.05, 3.63) is 0 Å². The molecule has 3 unspecified atom stereocenters. The molecule has 0 aromatic carbocycles. The van der Waals surface area contributed by atoms with Gasteiger partial charge < -0.3 is 25.8 Å². The molecule has 20 heavy (non-hydrogen) atoms. The first-order valence-electron chi connectivity index (χ1n) is 6.67. The van der Waals surface area contributed by atoms with Crippen molar-refractivity contribution in [1.82, 2.24) is 10.2 Å². The third-order valence-corrected chi connectivity index (χ3v) is 3.80. The van der Waals surface area contributed by atoms with Crippen LogP contribution < -0.4 is 11.1 Å². The summed E-state index contributed by atoms with van der Waals surface area (Å²) in [6, 6.07) is -1.64. The van der Waals surface area contributed by atoms with Gasteiger partial charge in [-0.25, -0.2) is 4.79 Å². The fraction of sp³-hybridized carbons (Fsp3) is 0.750. The minimum atomic E-state index is -1.00. The summed E-state index contributed by atoms with van der Waals surface area (Å²) in [6.45, 7) is 0.696. The van der Waals surface area contributed by atoms with Gasteiger partial charge in [-0.15, -0.1) is 0 Å². The summed E-state index contributed by atoms with van der Waals surface area (Å²) in [5.74, 6) is -2.29. The number of hydrogen-bond acceptors (Lipinski definition) is 4. The summed E-state index contributed by atoms with van der Waals surface area (Å²) in [6.07, 6.45) is 2.20. The number of likely N-dealkylation sites (tertiary alicyclic amines) is 1. The number of amides is 3. The smallest absolute Gasteiger partial charge is 0.318 e. The van der Waals surface area contributed by atoms with Gasteiger partial charge in [0, 0.05) is 6.54 Å². The molecule has 0 aromatic heterocycles. The van der Waals surface area contributed by atoms with E-state index in [0.717, 1.165) is 12.8 Å². The standard InChI is InChI=1S/C12H19N3O5/c13-10(16)9-3-1-2-4-15(9)12(19)14-8-6-20-5-7(8)11(17)18/h7-9H,1-6H2,(H2,13,16)(H,14,19)(H,17,18). The summed E-state index contributed by atoms with van der Waals surface area (Å²) in [5.41, 5.74) is 5.30. The van der Waals surface area contributed by atoms with Crippen LogP contribution in [0, 0.1) is 5.92 Å². The molecule has 0 spiro atoms. The Labute approximate surface area is 116 Å². The zero-order valence-corrected chi connectivity index (χ0v) is 11.1. The van der Waals surface area contributed by atoms with Gasteiger partial charge in [0.25, 0.3) is 0 Å². The van der Waals surface area contributed by atoms with E-state index >= 15 is 0 Å². The van der Waals surface area contributed by atoms with E-state index in [1.54, 1.807) is 0 Å². The highest BCUT2D eigenvalue weighted by molar-refractivity contribution is 5.86. The second kappa shape index (κ2) is 6.08. The molecule has 2 fully saturated rings. The number of rotatable bonds is 3. The molecule has 2 aliphatic rings. The maximum atomic E-state index is 12.2.